The largest absolute Gasteiger partial charge is 0.508 e. The summed E-state index contributed by atoms with van der Waals surface area (Å²) in [5.74, 6) is -9.75. The molecule has 1 aliphatic heterocycles. The van der Waals surface area contributed by atoms with E-state index in [9.17, 15) is 43.6 Å². The number of carbonyl (C=O) groups excluding carboxylic acids is 3. The van der Waals surface area contributed by atoms with Crippen LogP contribution in [0.1, 0.15) is 23.1 Å². The number of likely N-dealkylation sites (tertiary alicyclic amines) is 1. The molecule has 1 amide bonds. The first-order chi connectivity index (χ1) is 19.2. The molecule has 10 nitrogen and oxygen atoms in total. The zero-order valence-electron chi connectivity index (χ0n) is 22.3. The molecule has 2 fully saturated rings. The van der Waals surface area contributed by atoms with Crippen LogP contribution in [0.3, 0.4) is 0 Å². The number of hydrogen-bond acceptors (Lipinski definition) is 9. The van der Waals surface area contributed by atoms with Crippen LogP contribution in [0.2, 0.25) is 0 Å². The van der Waals surface area contributed by atoms with Crippen molar-refractivity contribution in [1.29, 1.82) is 0 Å². The first-order valence-corrected chi connectivity index (χ1v) is 13.2. The summed E-state index contributed by atoms with van der Waals surface area (Å²) >= 11 is 0. The van der Waals surface area contributed by atoms with E-state index in [4.69, 9.17) is 5.73 Å². The summed E-state index contributed by atoms with van der Waals surface area (Å²) in [6.45, 7) is -0.481. The first-order valence-electron chi connectivity index (χ1n) is 13.2. The number of aliphatic hydroxyl groups is 3. The number of alkyl halides is 2. The number of likely N-dealkylation sites (N-methyl/N-ethyl adjacent to an activating group) is 1. The molecule has 2 aromatic carbocycles. The SMILES string of the molecule is CN(C)[C@@H]1C(=O)C(C(N)=O)=C(O)[C@@]2(O)C(=O)C3=C(O)c4c(cc5ccc(CN6CC(F)(F)C6)cc5c4O)C[C@H]3C[C@@H]12. The number of phenolic OH excluding ortho intramolecular Hbond substituents is 1. The second-order valence-corrected chi connectivity index (χ2v) is 11.8. The second kappa shape index (κ2) is 8.81. The third-order valence-electron chi connectivity index (χ3n) is 8.91. The number of fused-ring (bicyclic) bond motifs is 4. The van der Waals surface area contributed by atoms with E-state index in [0.29, 0.717) is 21.9 Å². The van der Waals surface area contributed by atoms with Gasteiger partial charge < -0.3 is 26.2 Å². The molecule has 1 saturated heterocycles. The van der Waals surface area contributed by atoms with Gasteiger partial charge in [-0.25, -0.2) is 8.78 Å². The van der Waals surface area contributed by atoms with Crippen molar-refractivity contribution in [3.63, 3.8) is 0 Å². The van der Waals surface area contributed by atoms with Gasteiger partial charge >= 0.3 is 0 Å². The minimum atomic E-state index is -2.72. The van der Waals surface area contributed by atoms with Crippen molar-refractivity contribution < 1.29 is 43.6 Å². The number of aromatic hydroxyl groups is 1. The van der Waals surface area contributed by atoms with E-state index >= 15 is 0 Å². The lowest BCUT2D eigenvalue weighted by molar-refractivity contribution is -0.153. The Morgan fingerprint density at radius 2 is 1.83 bits per heavy atom. The quantitative estimate of drug-likeness (QED) is 0.344. The molecule has 12 heteroatoms. The molecular weight excluding hydrogens is 540 g/mol. The maximum absolute atomic E-state index is 13.9. The Morgan fingerprint density at radius 3 is 2.44 bits per heavy atom. The van der Waals surface area contributed by atoms with Gasteiger partial charge in [0.05, 0.1) is 24.7 Å². The summed E-state index contributed by atoms with van der Waals surface area (Å²) in [6, 6.07) is 5.78. The van der Waals surface area contributed by atoms with E-state index in [1.165, 1.54) is 4.90 Å². The summed E-state index contributed by atoms with van der Waals surface area (Å²) in [5, 5.41) is 46.3. The lowest BCUT2D eigenvalue weighted by Gasteiger charge is -2.50. The lowest BCUT2D eigenvalue weighted by atomic mass is 9.57. The third-order valence-corrected chi connectivity index (χ3v) is 8.91. The Bertz CT molecular complexity index is 1620. The summed E-state index contributed by atoms with van der Waals surface area (Å²) in [4.78, 5) is 42.2. The Balaban J connectivity index is 1.46. The second-order valence-electron chi connectivity index (χ2n) is 11.8. The lowest BCUT2D eigenvalue weighted by Crippen LogP contribution is -2.65. The van der Waals surface area contributed by atoms with Gasteiger partial charge in [0.15, 0.2) is 11.4 Å². The predicted molar refractivity (Wildman–Crippen MR) is 142 cm³/mol. The van der Waals surface area contributed by atoms with Gasteiger partial charge in [-0.05, 0) is 55.4 Å². The zero-order chi connectivity index (χ0) is 29.8. The number of carbonyl (C=O) groups is 3. The Hall–Kier alpha value is -3.87. The highest BCUT2D eigenvalue weighted by atomic mass is 19.3. The van der Waals surface area contributed by atoms with Gasteiger partial charge in [-0.15, -0.1) is 0 Å². The Kier molecular flexibility index (Phi) is 5.87. The molecule has 0 spiro atoms. The van der Waals surface area contributed by atoms with Gasteiger partial charge in [-0.2, -0.15) is 0 Å². The van der Waals surface area contributed by atoms with Crippen LogP contribution in [0.25, 0.3) is 16.5 Å². The van der Waals surface area contributed by atoms with Gasteiger partial charge in [0.1, 0.15) is 22.8 Å². The molecule has 41 heavy (non-hydrogen) atoms. The molecule has 0 unspecified atom stereocenters. The van der Waals surface area contributed by atoms with Crippen LogP contribution < -0.4 is 5.73 Å². The van der Waals surface area contributed by atoms with Crippen LogP contribution in [0, 0.1) is 11.8 Å². The molecular formula is C29H29F2N3O7. The van der Waals surface area contributed by atoms with Crippen molar-refractivity contribution in [2.75, 3.05) is 27.2 Å². The van der Waals surface area contributed by atoms with Gasteiger partial charge in [-0.1, -0.05) is 18.2 Å². The fourth-order valence-electron chi connectivity index (χ4n) is 7.13. The third kappa shape index (κ3) is 3.81. The number of ketones is 2. The van der Waals surface area contributed by atoms with Crippen LogP contribution in [0.15, 0.2) is 41.2 Å². The fraction of sp³-hybridized carbons (Fsp3) is 0.414. The smallest absolute Gasteiger partial charge is 0.272 e. The van der Waals surface area contributed by atoms with E-state index in [2.05, 4.69) is 0 Å². The molecule has 6 N–H and O–H groups in total. The molecule has 4 aliphatic rings. The number of phenols is 1. The topological polar surface area (TPSA) is 165 Å². The highest BCUT2D eigenvalue weighted by Gasteiger charge is 2.64. The van der Waals surface area contributed by atoms with Gasteiger partial charge in [0, 0.05) is 23.4 Å². The minimum absolute atomic E-state index is 0.00394. The molecule has 3 aliphatic carbocycles. The number of rotatable bonds is 4. The highest BCUT2D eigenvalue weighted by Crippen LogP contribution is 2.53. The van der Waals surface area contributed by atoms with Crippen molar-refractivity contribution in [3.8, 4) is 5.75 Å². The molecule has 2 aromatic rings. The van der Waals surface area contributed by atoms with Crippen LogP contribution in [-0.4, -0.2) is 92.4 Å². The van der Waals surface area contributed by atoms with Crippen LogP contribution in [0.4, 0.5) is 8.78 Å². The number of nitrogens with two attached hydrogens (primary N) is 1. The minimum Gasteiger partial charge on any atom is -0.508 e. The average molecular weight is 570 g/mol. The molecule has 0 aromatic heterocycles. The Morgan fingerprint density at radius 1 is 1.15 bits per heavy atom. The van der Waals surface area contributed by atoms with Crippen LogP contribution >= 0.6 is 0 Å². The average Bonchev–Trinajstić information content (AvgIpc) is 2.85. The monoisotopic (exact) mass is 569 g/mol. The van der Waals surface area contributed by atoms with Gasteiger partial charge in [-0.3, -0.25) is 24.2 Å². The van der Waals surface area contributed by atoms with E-state index < -0.39 is 64.0 Å². The van der Waals surface area contributed by atoms with Crippen molar-refractivity contribution in [2.45, 2.75) is 37.0 Å². The standard InChI is InChI=1S/C29H29F2N3O7/c1-33(2)21-17-8-15-7-14-6-13-4-3-12(9-34-10-28(30,31)11-34)5-16(13)22(35)18(14)23(36)19(15)25(38)29(17,41)26(39)20(24(21)37)27(32)40/h3-6,15,17,21,35-36,39,41H,7-11H2,1-2H3,(H2,32,40)/t15-,17-,21-,29-/m0/s1. The van der Waals surface area contributed by atoms with Crippen molar-refractivity contribution in [3.05, 3.63) is 57.9 Å². The number of amides is 1. The highest BCUT2D eigenvalue weighted by molar-refractivity contribution is 6.24. The van der Waals surface area contributed by atoms with E-state index in [1.807, 2.05) is 0 Å². The normalized spacial score (nSPS) is 29.4. The van der Waals surface area contributed by atoms with E-state index in [0.717, 1.165) is 0 Å². The maximum Gasteiger partial charge on any atom is 0.272 e. The zero-order valence-corrected chi connectivity index (χ0v) is 22.3. The van der Waals surface area contributed by atoms with Crippen molar-refractivity contribution >= 4 is 34.0 Å². The Labute approximate surface area is 232 Å². The van der Waals surface area contributed by atoms with E-state index in [-0.39, 0.29) is 49.4 Å². The number of primary amides is 1. The van der Waals surface area contributed by atoms with Gasteiger partial charge in [0.2, 0.25) is 5.78 Å². The molecule has 1 heterocycles. The predicted octanol–water partition coefficient (Wildman–Crippen LogP) is 1.57. The number of nitrogens with zero attached hydrogens (tertiary/aromatic N) is 2. The van der Waals surface area contributed by atoms with Gasteiger partial charge in [0.25, 0.3) is 11.8 Å². The summed E-state index contributed by atoms with van der Waals surface area (Å²) in [6.07, 6.45) is 0.187. The van der Waals surface area contributed by atoms with Crippen LogP contribution in [0.5, 0.6) is 5.75 Å². The number of Topliss-reactive ketones (excluding diaryl/α,β-unsaturated/α-hetero) is 2. The van der Waals surface area contributed by atoms with Crippen molar-refractivity contribution in [2.24, 2.45) is 17.6 Å². The van der Waals surface area contributed by atoms with Crippen molar-refractivity contribution in [1.82, 2.24) is 9.80 Å². The number of aliphatic hydroxyl groups excluding tert-OH is 2. The fourth-order valence-corrected chi connectivity index (χ4v) is 7.13. The first kappa shape index (κ1) is 27.3. The molecule has 4 atom stereocenters. The van der Waals surface area contributed by atoms with Crippen LogP contribution in [-0.2, 0) is 27.3 Å². The maximum atomic E-state index is 13.9. The molecule has 0 bridgehead atoms. The number of halogens is 2. The molecule has 1 saturated carbocycles. The summed E-state index contributed by atoms with van der Waals surface area (Å²) < 4.78 is 26.6. The van der Waals surface area contributed by atoms with E-state index in [1.54, 1.807) is 43.3 Å². The number of benzene rings is 2. The number of hydrogen-bond donors (Lipinski definition) is 5. The molecule has 216 valence electrons. The summed E-state index contributed by atoms with van der Waals surface area (Å²) in [5.41, 5.74) is 2.74. The molecule has 6 rings (SSSR count). The summed E-state index contributed by atoms with van der Waals surface area (Å²) in [7, 11) is 3.08. The molecule has 0 radical (unpaired) electrons.